The molecule has 0 aromatic heterocycles. The summed E-state index contributed by atoms with van der Waals surface area (Å²) in [5, 5.41) is 0. The number of amides is 2. The zero-order chi connectivity index (χ0) is 11.7. The third-order valence-corrected chi connectivity index (χ3v) is 2.16. The highest BCUT2D eigenvalue weighted by Gasteiger charge is 2.30. The molecule has 1 aliphatic rings. The van der Waals surface area contributed by atoms with E-state index in [1.807, 2.05) is 0 Å². The quantitative estimate of drug-likeness (QED) is 0.550. The second kappa shape index (κ2) is 3.90. The zero-order valence-corrected chi connectivity index (χ0v) is 8.27. The van der Waals surface area contributed by atoms with E-state index in [9.17, 15) is 14.0 Å². The number of benzene rings is 1. The van der Waals surface area contributed by atoms with E-state index in [-0.39, 0.29) is 24.6 Å². The summed E-state index contributed by atoms with van der Waals surface area (Å²) in [5.41, 5.74) is 5.63. The van der Waals surface area contributed by atoms with Crippen molar-refractivity contribution in [2.24, 2.45) is 0 Å². The van der Waals surface area contributed by atoms with Crippen LogP contribution in [0.4, 0.5) is 15.8 Å². The summed E-state index contributed by atoms with van der Waals surface area (Å²) in [7, 11) is 0. The molecule has 0 saturated carbocycles. The lowest BCUT2D eigenvalue weighted by molar-refractivity contribution is -0.138. The first-order valence-electron chi connectivity index (χ1n) is 4.58. The first-order chi connectivity index (χ1) is 7.59. The lowest BCUT2D eigenvalue weighted by Gasteiger charge is -2.25. The lowest BCUT2D eigenvalue weighted by Crippen LogP contribution is -2.46. The smallest absolute Gasteiger partial charge is 0.259 e. The predicted octanol–water partition coefficient (Wildman–Crippen LogP) is 0.298. The Kier molecular flexibility index (Phi) is 2.57. The number of nitrogens with two attached hydrogens (primary N) is 1. The summed E-state index contributed by atoms with van der Waals surface area (Å²) in [5.74, 6) is -1.86. The second-order valence-corrected chi connectivity index (χ2v) is 3.33. The molecule has 16 heavy (non-hydrogen) atoms. The topological polar surface area (TPSA) is 72.6 Å². The molecule has 2 rings (SSSR count). The first-order valence-corrected chi connectivity index (χ1v) is 4.58. The van der Waals surface area contributed by atoms with Crippen LogP contribution in [-0.2, 0) is 14.3 Å². The number of nitrogens with zero attached hydrogens (tertiary/aromatic N) is 1. The average Bonchev–Trinajstić information content (AvgIpc) is 2.23. The van der Waals surface area contributed by atoms with Crippen molar-refractivity contribution in [3.05, 3.63) is 24.0 Å². The van der Waals surface area contributed by atoms with E-state index in [1.54, 1.807) is 0 Å². The van der Waals surface area contributed by atoms with Gasteiger partial charge in [-0.3, -0.25) is 9.59 Å². The zero-order valence-electron chi connectivity index (χ0n) is 8.27. The number of nitrogen functional groups attached to an aromatic ring is 1. The molecule has 1 heterocycles. The standard InChI is InChI=1S/C10H9FN2O3/c11-7-2-1-6(12)3-8(7)13-9(14)4-16-5-10(13)15/h1-3H,4-5,12H2. The number of ether oxygens (including phenoxy) is 1. The summed E-state index contributed by atoms with van der Waals surface area (Å²) >= 11 is 0. The van der Waals surface area contributed by atoms with E-state index in [0.29, 0.717) is 0 Å². The van der Waals surface area contributed by atoms with Gasteiger partial charge in [0, 0.05) is 5.69 Å². The van der Waals surface area contributed by atoms with Crippen LogP contribution in [0.3, 0.4) is 0 Å². The minimum atomic E-state index is -0.669. The fourth-order valence-corrected chi connectivity index (χ4v) is 1.46. The summed E-state index contributed by atoms with van der Waals surface area (Å²) < 4.78 is 18.2. The van der Waals surface area contributed by atoms with Gasteiger partial charge in [0.05, 0.1) is 5.69 Å². The highest BCUT2D eigenvalue weighted by molar-refractivity contribution is 6.17. The molecule has 2 N–H and O–H groups in total. The lowest BCUT2D eigenvalue weighted by atomic mass is 10.2. The van der Waals surface area contributed by atoms with E-state index in [1.165, 1.54) is 12.1 Å². The van der Waals surface area contributed by atoms with Crippen LogP contribution in [0.2, 0.25) is 0 Å². The van der Waals surface area contributed by atoms with Crippen molar-refractivity contribution < 1.29 is 18.7 Å². The number of anilines is 2. The molecule has 1 fully saturated rings. The van der Waals surface area contributed by atoms with Crippen molar-refractivity contribution in [1.82, 2.24) is 0 Å². The number of morpholine rings is 1. The Hall–Kier alpha value is -1.95. The third-order valence-electron chi connectivity index (χ3n) is 2.16. The number of hydrogen-bond donors (Lipinski definition) is 1. The molecule has 1 aromatic rings. The second-order valence-electron chi connectivity index (χ2n) is 3.33. The number of carbonyl (C=O) groups is 2. The average molecular weight is 224 g/mol. The number of rotatable bonds is 1. The monoisotopic (exact) mass is 224 g/mol. The van der Waals surface area contributed by atoms with Gasteiger partial charge in [-0.2, -0.15) is 0 Å². The van der Waals surface area contributed by atoms with Crippen LogP contribution >= 0.6 is 0 Å². The van der Waals surface area contributed by atoms with Crippen LogP contribution in [0.1, 0.15) is 0 Å². The van der Waals surface area contributed by atoms with Crippen LogP contribution in [0.5, 0.6) is 0 Å². The molecular weight excluding hydrogens is 215 g/mol. The van der Waals surface area contributed by atoms with Crippen molar-refractivity contribution in [1.29, 1.82) is 0 Å². The number of carbonyl (C=O) groups excluding carboxylic acids is 2. The maximum atomic E-state index is 13.5. The van der Waals surface area contributed by atoms with Gasteiger partial charge in [0.1, 0.15) is 19.0 Å². The van der Waals surface area contributed by atoms with Crippen LogP contribution in [-0.4, -0.2) is 25.0 Å². The molecule has 0 spiro atoms. The van der Waals surface area contributed by atoms with Crippen LogP contribution in [0.15, 0.2) is 18.2 Å². The maximum Gasteiger partial charge on any atom is 0.259 e. The van der Waals surface area contributed by atoms with Gasteiger partial charge < -0.3 is 10.5 Å². The Balaban J connectivity index is 2.45. The van der Waals surface area contributed by atoms with Gasteiger partial charge in [-0.05, 0) is 18.2 Å². The predicted molar refractivity (Wildman–Crippen MR) is 54.1 cm³/mol. The van der Waals surface area contributed by atoms with Crippen molar-refractivity contribution in [3.8, 4) is 0 Å². The van der Waals surface area contributed by atoms with E-state index in [0.717, 1.165) is 11.0 Å². The van der Waals surface area contributed by atoms with Crippen molar-refractivity contribution >= 4 is 23.2 Å². The van der Waals surface area contributed by atoms with E-state index >= 15 is 0 Å². The van der Waals surface area contributed by atoms with Gasteiger partial charge in [-0.25, -0.2) is 9.29 Å². The molecule has 5 nitrogen and oxygen atoms in total. The number of halogens is 1. The Bertz CT molecular complexity index is 445. The fourth-order valence-electron chi connectivity index (χ4n) is 1.46. The highest BCUT2D eigenvalue weighted by atomic mass is 19.1. The minimum Gasteiger partial charge on any atom is -0.399 e. The van der Waals surface area contributed by atoms with Gasteiger partial charge in [0.25, 0.3) is 11.8 Å². The Morgan fingerprint density at radius 1 is 1.25 bits per heavy atom. The van der Waals surface area contributed by atoms with Crippen molar-refractivity contribution in [3.63, 3.8) is 0 Å². The molecule has 1 aliphatic heterocycles. The first kappa shape index (κ1) is 10.6. The minimum absolute atomic E-state index is 0.127. The molecular formula is C10H9FN2O3. The van der Waals surface area contributed by atoms with Crippen molar-refractivity contribution in [2.75, 3.05) is 23.8 Å². The molecule has 0 aliphatic carbocycles. The molecule has 1 saturated heterocycles. The number of hydrogen-bond acceptors (Lipinski definition) is 4. The van der Waals surface area contributed by atoms with Crippen LogP contribution in [0, 0.1) is 5.82 Å². The summed E-state index contributed by atoms with van der Waals surface area (Å²) in [6.45, 7) is -0.472. The van der Waals surface area contributed by atoms with Gasteiger partial charge in [0.15, 0.2) is 0 Å². The van der Waals surface area contributed by atoms with Crippen molar-refractivity contribution in [2.45, 2.75) is 0 Å². The van der Waals surface area contributed by atoms with Gasteiger partial charge in [0.2, 0.25) is 0 Å². The van der Waals surface area contributed by atoms with Gasteiger partial charge in [-0.1, -0.05) is 0 Å². The largest absolute Gasteiger partial charge is 0.399 e. The maximum absolute atomic E-state index is 13.5. The molecule has 2 amide bonds. The molecule has 0 atom stereocenters. The van der Waals surface area contributed by atoms with E-state index < -0.39 is 17.6 Å². The van der Waals surface area contributed by atoms with E-state index in [4.69, 9.17) is 10.5 Å². The van der Waals surface area contributed by atoms with E-state index in [2.05, 4.69) is 0 Å². The Labute approximate surface area is 90.6 Å². The summed E-state index contributed by atoms with van der Waals surface area (Å²) in [6.07, 6.45) is 0. The summed E-state index contributed by atoms with van der Waals surface area (Å²) in [4.78, 5) is 23.6. The Morgan fingerprint density at radius 2 is 1.88 bits per heavy atom. The number of imide groups is 1. The normalized spacial score (nSPS) is 16.7. The molecule has 6 heteroatoms. The van der Waals surface area contributed by atoms with Gasteiger partial charge in [-0.15, -0.1) is 0 Å². The van der Waals surface area contributed by atoms with Gasteiger partial charge >= 0.3 is 0 Å². The van der Waals surface area contributed by atoms with Crippen LogP contribution < -0.4 is 10.6 Å². The Morgan fingerprint density at radius 3 is 2.50 bits per heavy atom. The molecule has 0 bridgehead atoms. The van der Waals surface area contributed by atoms with Crippen LogP contribution in [0.25, 0.3) is 0 Å². The SMILES string of the molecule is Nc1ccc(F)c(N2C(=O)COCC2=O)c1. The molecule has 1 aromatic carbocycles. The fraction of sp³-hybridized carbons (Fsp3) is 0.200. The summed E-state index contributed by atoms with van der Waals surface area (Å²) in [6, 6.07) is 3.71. The molecule has 0 unspecified atom stereocenters. The highest BCUT2D eigenvalue weighted by Crippen LogP contribution is 2.23. The molecule has 84 valence electrons. The molecule has 0 radical (unpaired) electrons. The third kappa shape index (κ3) is 1.74.